The van der Waals surface area contributed by atoms with Crippen LogP contribution in [-0.4, -0.2) is 106 Å². The van der Waals surface area contributed by atoms with Crippen LogP contribution in [0.2, 0.25) is 0 Å². The maximum Gasteiger partial charge on any atom is 0.323 e. The van der Waals surface area contributed by atoms with Gasteiger partial charge in [0.2, 0.25) is 5.78 Å². The first kappa shape index (κ1) is 43.4. The smallest absolute Gasteiger partial charge is 0.323 e. The van der Waals surface area contributed by atoms with Crippen molar-refractivity contribution in [3.8, 4) is 0 Å². The average Bonchev–Trinajstić information content (AvgIpc) is 3.32. The van der Waals surface area contributed by atoms with E-state index in [0.717, 1.165) is 0 Å². The van der Waals surface area contributed by atoms with E-state index in [1.54, 1.807) is 20.8 Å². The molecular weight excluding hydrogens is 759 g/mol. The van der Waals surface area contributed by atoms with Gasteiger partial charge in [-0.05, 0) is 57.1 Å². The van der Waals surface area contributed by atoms with E-state index in [4.69, 9.17) is 19.9 Å². The molecule has 0 radical (unpaired) electrons. The molecular formula is C33H43FN4O18. The number of carbonyl (C=O) groups excluding carboxylic acids is 5. The molecule has 310 valence electrons. The second-order valence-corrected chi connectivity index (χ2v) is 14.8. The Bertz CT molecular complexity index is 1690. The van der Waals surface area contributed by atoms with Crippen LogP contribution in [0.4, 0.5) is 4.39 Å². The summed E-state index contributed by atoms with van der Waals surface area (Å²) in [5, 5.41) is 39.8. The average molecular weight is 803 g/mol. The first-order valence-corrected chi connectivity index (χ1v) is 17.6. The summed E-state index contributed by atoms with van der Waals surface area (Å²) in [5.74, 6) is -7.18. The monoisotopic (exact) mass is 802 g/mol. The Morgan fingerprint density at radius 1 is 1.02 bits per heavy atom. The Hall–Kier alpha value is -5.32. The molecule has 3 saturated carbocycles. The van der Waals surface area contributed by atoms with Crippen LogP contribution in [-0.2, 0) is 52.7 Å². The van der Waals surface area contributed by atoms with Crippen molar-refractivity contribution in [3.05, 3.63) is 54.1 Å². The fraction of sp³-hybridized carbons (Fsp3) is 0.727. The van der Waals surface area contributed by atoms with Crippen LogP contribution >= 0.6 is 0 Å². The molecule has 10 atom stereocenters. The van der Waals surface area contributed by atoms with Gasteiger partial charge in [-0.15, -0.1) is 30.3 Å². The summed E-state index contributed by atoms with van der Waals surface area (Å²) in [6.45, 7) is 1.34. The third kappa shape index (κ3) is 8.27. The van der Waals surface area contributed by atoms with Gasteiger partial charge in [0.05, 0.1) is 19.1 Å². The van der Waals surface area contributed by atoms with E-state index in [1.165, 1.54) is 18.2 Å². The van der Waals surface area contributed by atoms with E-state index in [0.29, 0.717) is 12.0 Å². The number of ketones is 2. The SMILES string of the molecule is C[C@@H]1CC2C3CCC4=CC(=O)C=C[C@]4(C)[C@@]3(F)[C@@H](O)C[C@]2(C)[C@@]1(OC(=O)CCCO[N+](=O)[O-])C(=O)COC(=O)CC(N)C(=O)OCC(CO[N+](=O)[O-])O[N+](=O)[O-]. The fourth-order valence-electron chi connectivity index (χ4n) is 9.22. The lowest BCUT2D eigenvalue weighted by molar-refractivity contribution is -0.790. The maximum absolute atomic E-state index is 17.7. The summed E-state index contributed by atoms with van der Waals surface area (Å²) in [7, 11) is 0. The highest BCUT2D eigenvalue weighted by Gasteiger charge is 2.77. The summed E-state index contributed by atoms with van der Waals surface area (Å²) < 4.78 is 33.7. The molecule has 0 bridgehead atoms. The van der Waals surface area contributed by atoms with Crippen molar-refractivity contribution in [2.24, 2.45) is 34.3 Å². The van der Waals surface area contributed by atoms with Crippen molar-refractivity contribution < 1.29 is 77.5 Å². The first-order chi connectivity index (χ1) is 26.1. The molecule has 56 heavy (non-hydrogen) atoms. The molecule has 4 aliphatic carbocycles. The molecule has 3 fully saturated rings. The fourth-order valence-corrected chi connectivity index (χ4v) is 9.22. The number of aliphatic hydroxyl groups excluding tert-OH is 1. The molecule has 0 saturated heterocycles. The van der Waals surface area contributed by atoms with Gasteiger partial charge in [0.25, 0.3) is 15.3 Å². The number of nitrogens with zero attached hydrogens (tertiary/aromatic N) is 3. The van der Waals surface area contributed by atoms with Gasteiger partial charge >= 0.3 is 17.9 Å². The van der Waals surface area contributed by atoms with E-state index in [-0.39, 0.29) is 25.0 Å². The number of hydrogen-bond acceptors (Lipinski definition) is 19. The van der Waals surface area contributed by atoms with Crippen molar-refractivity contribution in [1.29, 1.82) is 0 Å². The van der Waals surface area contributed by atoms with E-state index in [9.17, 15) is 59.4 Å². The lowest BCUT2D eigenvalue weighted by Gasteiger charge is -2.62. The molecule has 0 aromatic heterocycles. The summed E-state index contributed by atoms with van der Waals surface area (Å²) in [6, 6.07) is -1.76. The number of esters is 3. The quantitative estimate of drug-likeness (QED) is 0.0605. The first-order valence-electron chi connectivity index (χ1n) is 17.6. The van der Waals surface area contributed by atoms with Gasteiger partial charge < -0.3 is 39.6 Å². The number of carbonyl (C=O) groups is 5. The minimum Gasteiger partial charge on any atom is -0.462 e. The topological polar surface area (TPSA) is 316 Å². The van der Waals surface area contributed by atoms with Crippen LogP contribution in [0.3, 0.4) is 0 Å². The highest BCUT2D eigenvalue weighted by atomic mass is 19.1. The lowest BCUT2D eigenvalue weighted by atomic mass is 9.44. The van der Waals surface area contributed by atoms with Gasteiger partial charge in [-0.3, -0.25) is 24.0 Å². The zero-order valence-corrected chi connectivity index (χ0v) is 30.7. The minimum atomic E-state index is -2.30. The number of allylic oxidation sites excluding steroid dienone is 4. The van der Waals surface area contributed by atoms with Gasteiger partial charge in [0.1, 0.15) is 19.3 Å². The Morgan fingerprint density at radius 2 is 1.70 bits per heavy atom. The Balaban J connectivity index is 1.54. The molecule has 0 aromatic carbocycles. The number of aliphatic hydroxyl groups is 1. The van der Waals surface area contributed by atoms with Crippen LogP contribution in [0, 0.1) is 58.9 Å². The second-order valence-electron chi connectivity index (χ2n) is 14.8. The number of rotatable bonds is 19. The number of halogens is 1. The molecule has 4 unspecified atom stereocenters. The van der Waals surface area contributed by atoms with E-state index >= 15 is 4.39 Å². The number of Topliss-reactive ketones (excluding diaryl/α,β-unsaturated/α-hetero) is 1. The van der Waals surface area contributed by atoms with E-state index in [1.807, 2.05) is 0 Å². The summed E-state index contributed by atoms with van der Waals surface area (Å²) >= 11 is 0. The van der Waals surface area contributed by atoms with Gasteiger partial charge in [-0.2, -0.15) is 0 Å². The highest BCUT2D eigenvalue weighted by molar-refractivity contribution is 6.01. The van der Waals surface area contributed by atoms with Crippen LogP contribution in [0.25, 0.3) is 0 Å². The molecule has 23 heteroatoms. The maximum atomic E-state index is 17.7. The minimum absolute atomic E-state index is 0.124. The van der Waals surface area contributed by atoms with Crippen molar-refractivity contribution in [2.45, 2.75) is 95.2 Å². The normalized spacial score (nSPS) is 32.5. The van der Waals surface area contributed by atoms with Crippen molar-refractivity contribution in [2.75, 3.05) is 26.4 Å². The third-order valence-electron chi connectivity index (χ3n) is 11.7. The lowest BCUT2D eigenvalue weighted by Crippen LogP contribution is -2.70. The molecule has 3 N–H and O–H groups in total. The summed E-state index contributed by atoms with van der Waals surface area (Å²) in [5.41, 5.74) is -1.01. The van der Waals surface area contributed by atoms with Gasteiger partial charge in [-0.1, -0.05) is 25.5 Å². The Labute approximate surface area is 317 Å². The van der Waals surface area contributed by atoms with Crippen LogP contribution < -0.4 is 5.73 Å². The number of hydrogen-bond donors (Lipinski definition) is 2. The highest BCUT2D eigenvalue weighted by Crippen LogP contribution is 2.71. The standard InChI is InChI=1S/C33H43FN4O18/c1-18-11-23-22-7-6-19-12-20(39)8-9-30(19,2)32(22,34)25(40)14-31(23,3)33(18,55-27(42)5-4-10-53-36(45)46)26(41)17-51-28(43)13-24(35)29(44)52-15-21(56-38(49)50)16-54-37(47)48/h8-9,12,18,21-25,40H,4-7,10-11,13-17,35H2,1-3H3/t18-,21?,22?,23?,24?,25+,30+,31+,32+,33+/m1/s1. The largest absolute Gasteiger partial charge is 0.462 e. The molecule has 0 aromatic rings. The summed E-state index contributed by atoms with van der Waals surface area (Å²) in [4.78, 5) is 109. The zero-order chi connectivity index (χ0) is 41.8. The van der Waals surface area contributed by atoms with Gasteiger partial charge in [0, 0.05) is 29.1 Å². The molecule has 4 rings (SSSR count). The molecule has 0 amide bonds. The predicted molar refractivity (Wildman–Crippen MR) is 178 cm³/mol. The van der Waals surface area contributed by atoms with Crippen molar-refractivity contribution >= 4 is 29.5 Å². The number of nitrogens with two attached hydrogens (primary N) is 1. The van der Waals surface area contributed by atoms with E-state index in [2.05, 4.69) is 14.5 Å². The zero-order valence-electron chi connectivity index (χ0n) is 30.7. The second kappa shape index (κ2) is 16.8. The predicted octanol–water partition coefficient (Wildman–Crippen LogP) is 1.03. The molecule has 22 nitrogen and oxygen atoms in total. The summed E-state index contributed by atoms with van der Waals surface area (Å²) in [6.07, 6.45) is -0.698. The Morgan fingerprint density at radius 3 is 2.34 bits per heavy atom. The molecule has 0 aliphatic heterocycles. The van der Waals surface area contributed by atoms with E-state index < -0.39 is 143 Å². The van der Waals surface area contributed by atoms with Crippen LogP contribution in [0.1, 0.15) is 65.7 Å². The number of ether oxygens (including phenoxy) is 3. The van der Waals surface area contributed by atoms with Crippen molar-refractivity contribution in [1.82, 2.24) is 0 Å². The van der Waals surface area contributed by atoms with Crippen LogP contribution in [0.15, 0.2) is 23.8 Å². The van der Waals surface area contributed by atoms with Crippen LogP contribution in [0.5, 0.6) is 0 Å². The molecule has 4 aliphatic rings. The van der Waals surface area contributed by atoms with Gasteiger partial charge in [-0.25, -0.2) is 4.39 Å². The van der Waals surface area contributed by atoms with Crippen molar-refractivity contribution in [3.63, 3.8) is 0 Å². The van der Waals surface area contributed by atoms with Gasteiger partial charge in [0.15, 0.2) is 29.8 Å². The Kier molecular flexibility index (Phi) is 13.0. The molecule has 0 spiro atoms. The number of alkyl halides is 1. The molecule has 0 heterocycles. The third-order valence-corrected chi connectivity index (χ3v) is 11.7. The number of fused-ring (bicyclic) bond motifs is 5.